The summed E-state index contributed by atoms with van der Waals surface area (Å²) >= 11 is 0. The number of aromatic nitrogens is 1. The summed E-state index contributed by atoms with van der Waals surface area (Å²) in [7, 11) is 0. The zero-order valence-electron chi connectivity index (χ0n) is 9.73. The molecule has 4 nitrogen and oxygen atoms in total. The summed E-state index contributed by atoms with van der Waals surface area (Å²) in [5.41, 5.74) is 0.0776. The predicted molar refractivity (Wildman–Crippen MR) is 63.8 cm³/mol. The highest BCUT2D eigenvalue weighted by Gasteiger charge is 2.04. The van der Waals surface area contributed by atoms with Crippen molar-refractivity contribution in [3.8, 4) is 0 Å². The lowest BCUT2D eigenvalue weighted by Gasteiger charge is -2.07. The molecule has 1 heterocycles. The summed E-state index contributed by atoms with van der Waals surface area (Å²) in [4.78, 5) is 14.7. The van der Waals surface area contributed by atoms with Crippen LogP contribution in [0.5, 0.6) is 0 Å². The van der Waals surface area contributed by atoms with Gasteiger partial charge < -0.3 is 10.4 Å². The highest BCUT2D eigenvalue weighted by atomic mass is 16.4. The van der Waals surface area contributed by atoms with Crippen molar-refractivity contribution in [1.29, 1.82) is 0 Å². The van der Waals surface area contributed by atoms with E-state index in [1.165, 1.54) is 6.07 Å². The molecule has 0 amide bonds. The second-order valence-corrected chi connectivity index (χ2v) is 4.18. The van der Waals surface area contributed by atoms with Crippen LogP contribution in [-0.4, -0.2) is 22.6 Å². The standard InChI is InChI=1S/C12H18N2O2/c1-9(2)5-4-8-13-11-7-3-6-10(14-11)12(15)16/h3,6-7,9H,4-5,8H2,1-2H3,(H,13,14)(H,15,16). The van der Waals surface area contributed by atoms with Gasteiger partial charge in [-0.25, -0.2) is 9.78 Å². The van der Waals surface area contributed by atoms with E-state index in [4.69, 9.17) is 5.11 Å². The van der Waals surface area contributed by atoms with Crippen LogP contribution in [0.4, 0.5) is 5.82 Å². The van der Waals surface area contributed by atoms with E-state index in [9.17, 15) is 4.79 Å². The van der Waals surface area contributed by atoms with E-state index in [2.05, 4.69) is 24.1 Å². The van der Waals surface area contributed by atoms with Gasteiger partial charge in [0.05, 0.1) is 0 Å². The SMILES string of the molecule is CC(C)CCCNc1cccc(C(=O)O)n1. The molecule has 0 aromatic carbocycles. The van der Waals surface area contributed by atoms with Gasteiger partial charge in [0, 0.05) is 6.54 Å². The molecule has 1 aromatic heterocycles. The van der Waals surface area contributed by atoms with Crippen LogP contribution in [0.15, 0.2) is 18.2 Å². The number of pyridine rings is 1. The van der Waals surface area contributed by atoms with Crippen LogP contribution in [0.3, 0.4) is 0 Å². The number of rotatable bonds is 6. The number of carboxylic acids is 1. The average Bonchev–Trinajstić information content (AvgIpc) is 2.24. The van der Waals surface area contributed by atoms with Gasteiger partial charge in [0.2, 0.25) is 0 Å². The first-order valence-corrected chi connectivity index (χ1v) is 5.54. The van der Waals surface area contributed by atoms with Gasteiger partial charge in [0.15, 0.2) is 5.69 Å². The molecular weight excluding hydrogens is 204 g/mol. The van der Waals surface area contributed by atoms with E-state index in [1.807, 2.05) is 0 Å². The molecule has 88 valence electrons. The predicted octanol–water partition coefficient (Wildman–Crippen LogP) is 2.63. The van der Waals surface area contributed by atoms with E-state index >= 15 is 0 Å². The van der Waals surface area contributed by atoms with Gasteiger partial charge in [-0.2, -0.15) is 0 Å². The molecule has 2 N–H and O–H groups in total. The first-order valence-electron chi connectivity index (χ1n) is 5.54. The first kappa shape index (κ1) is 12.5. The minimum Gasteiger partial charge on any atom is -0.477 e. The van der Waals surface area contributed by atoms with Crippen molar-refractivity contribution in [2.24, 2.45) is 5.92 Å². The lowest BCUT2D eigenvalue weighted by atomic mass is 10.1. The number of carbonyl (C=O) groups is 1. The molecular formula is C12H18N2O2. The highest BCUT2D eigenvalue weighted by Crippen LogP contribution is 2.07. The Labute approximate surface area is 95.7 Å². The summed E-state index contributed by atoms with van der Waals surface area (Å²) in [5.74, 6) is 0.328. The molecule has 0 radical (unpaired) electrons. The normalized spacial score (nSPS) is 10.4. The molecule has 1 rings (SSSR count). The number of nitrogens with one attached hydrogen (secondary N) is 1. The van der Waals surface area contributed by atoms with Crippen LogP contribution < -0.4 is 5.32 Å². The van der Waals surface area contributed by atoms with Gasteiger partial charge in [-0.3, -0.25) is 0 Å². The smallest absolute Gasteiger partial charge is 0.354 e. The third-order valence-corrected chi connectivity index (χ3v) is 2.23. The maximum Gasteiger partial charge on any atom is 0.354 e. The first-order chi connectivity index (χ1) is 7.59. The minimum absolute atomic E-state index is 0.0776. The molecule has 16 heavy (non-hydrogen) atoms. The number of nitrogens with zero attached hydrogens (tertiary/aromatic N) is 1. The Hall–Kier alpha value is -1.58. The Bertz CT molecular complexity index is 351. The zero-order chi connectivity index (χ0) is 12.0. The number of aromatic carboxylic acids is 1. The Morgan fingerprint density at radius 3 is 2.88 bits per heavy atom. The van der Waals surface area contributed by atoms with Crippen LogP contribution >= 0.6 is 0 Å². The lowest BCUT2D eigenvalue weighted by Crippen LogP contribution is -2.07. The second kappa shape index (κ2) is 6.10. The van der Waals surface area contributed by atoms with Crippen molar-refractivity contribution in [2.75, 3.05) is 11.9 Å². The fraction of sp³-hybridized carbons (Fsp3) is 0.500. The van der Waals surface area contributed by atoms with E-state index in [0.29, 0.717) is 11.7 Å². The van der Waals surface area contributed by atoms with Gasteiger partial charge in [-0.05, 0) is 30.9 Å². The van der Waals surface area contributed by atoms with Gasteiger partial charge in [0.25, 0.3) is 0 Å². The maximum absolute atomic E-state index is 10.7. The van der Waals surface area contributed by atoms with Gasteiger partial charge in [-0.15, -0.1) is 0 Å². The monoisotopic (exact) mass is 222 g/mol. The molecule has 0 saturated heterocycles. The van der Waals surface area contributed by atoms with E-state index < -0.39 is 5.97 Å². The molecule has 0 aliphatic rings. The van der Waals surface area contributed by atoms with Crippen molar-refractivity contribution in [3.05, 3.63) is 23.9 Å². The van der Waals surface area contributed by atoms with Crippen molar-refractivity contribution >= 4 is 11.8 Å². The largest absolute Gasteiger partial charge is 0.477 e. The topological polar surface area (TPSA) is 62.2 Å². The van der Waals surface area contributed by atoms with Crippen molar-refractivity contribution < 1.29 is 9.90 Å². The zero-order valence-corrected chi connectivity index (χ0v) is 9.73. The summed E-state index contributed by atoms with van der Waals surface area (Å²) in [6.45, 7) is 5.20. The Morgan fingerprint density at radius 1 is 1.50 bits per heavy atom. The van der Waals surface area contributed by atoms with E-state index in [-0.39, 0.29) is 5.69 Å². The lowest BCUT2D eigenvalue weighted by molar-refractivity contribution is 0.0690. The summed E-state index contributed by atoms with van der Waals surface area (Å²) in [6, 6.07) is 4.96. The molecule has 0 aliphatic heterocycles. The van der Waals surface area contributed by atoms with Gasteiger partial charge >= 0.3 is 5.97 Å². The Morgan fingerprint density at radius 2 is 2.25 bits per heavy atom. The van der Waals surface area contributed by atoms with Crippen molar-refractivity contribution in [3.63, 3.8) is 0 Å². The molecule has 0 aliphatic carbocycles. The number of carboxylic acid groups (broad SMARTS) is 1. The fourth-order valence-electron chi connectivity index (χ4n) is 1.38. The van der Waals surface area contributed by atoms with Crippen LogP contribution in [0.1, 0.15) is 37.2 Å². The van der Waals surface area contributed by atoms with Crippen LogP contribution in [0, 0.1) is 5.92 Å². The second-order valence-electron chi connectivity index (χ2n) is 4.18. The molecule has 1 aromatic rings. The molecule has 0 fully saturated rings. The summed E-state index contributed by atoms with van der Waals surface area (Å²) < 4.78 is 0. The Balaban J connectivity index is 2.42. The maximum atomic E-state index is 10.7. The molecule has 0 saturated carbocycles. The third kappa shape index (κ3) is 4.29. The molecule has 0 spiro atoms. The van der Waals surface area contributed by atoms with E-state index in [0.717, 1.165) is 19.4 Å². The van der Waals surface area contributed by atoms with Crippen LogP contribution in [-0.2, 0) is 0 Å². The van der Waals surface area contributed by atoms with Gasteiger partial charge in [0.1, 0.15) is 5.82 Å². The highest BCUT2D eigenvalue weighted by molar-refractivity contribution is 5.85. The van der Waals surface area contributed by atoms with E-state index in [1.54, 1.807) is 12.1 Å². The summed E-state index contributed by atoms with van der Waals surface area (Å²) in [6.07, 6.45) is 2.22. The molecule has 0 bridgehead atoms. The fourth-order valence-corrected chi connectivity index (χ4v) is 1.38. The third-order valence-electron chi connectivity index (χ3n) is 2.23. The molecule has 4 heteroatoms. The Kier molecular flexibility index (Phi) is 4.76. The molecule has 0 atom stereocenters. The van der Waals surface area contributed by atoms with Crippen molar-refractivity contribution in [1.82, 2.24) is 4.98 Å². The minimum atomic E-state index is -0.995. The number of hydrogen-bond donors (Lipinski definition) is 2. The van der Waals surface area contributed by atoms with Crippen molar-refractivity contribution in [2.45, 2.75) is 26.7 Å². The van der Waals surface area contributed by atoms with Crippen LogP contribution in [0.2, 0.25) is 0 Å². The summed E-state index contributed by atoms with van der Waals surface area (Å²) in [5, 5.41) is 11.9. The van der Waals surface area contributed by atoms with Gasteiger partial charge in [-0.1, -0.05) is 19.9 Å². The average molecular weight is 222 g/mol. The quantitative estimate of drug-likeness (QED) is 0.726. The number of hydrogen-bond acceptors (Lipinski definition) is 3. The van der Waals surface area contributed by atoms with Crippen LogP contribution in [0.25, 0.3) is 0 Å². The molecule has 0 unspecified atom stereocenters. The number of anilines is 1.